The highest BCUT2D eigenvalue weighted by Crippen LogP contribution is 2.37. The van der Waals surface area contributed by atoms with Crippen molar-refractivity contribution in [3.63, 3.8) is 0 Å². The second-order valence-corrected chi connectivity index (χ2v) is 10.4. The maximum Gasteiger partial charge on any atom is 0.237 e. The maximum atomic E-state index is 13.0. The second-order valence-electron chi connectivity index (χ2n) is 7.01. The first kappa shape index (κ1) is 23.8. The van der Waals surface area contributed by atoms with E-state index in [-0.39, 0.29) is 23.3 Å². The summed E-state index contributed by atoms with van der Waals surface area (Å²) >= 11 is 4.32. The Morgan fingerprint density at radius 3 is 2.48 bits per heavy atom. The fourth-order valence-electron chi connectivity index (χ4n) is 3.20. The van der Waals surface area contributed by atoms with Crippen LogP contribution in [0.3, 0.4) is 0 Å². The molecule has 8 nitrogen and oxygen atoms in total. The smallest absolute Gasteiger partial charge is 0.237 e. The zero-order valence-electron chi connectivity index (χ0n) is 18.0. The van der Waals surface area contributed by atoms with Gasteiger partial charge in [-0.2, -0.15) is 0 Å². The van der Waals surface area contributed by atoms with Gasteiger partial charge in [-0.3, -0.25) is 9.59 Å². The number of rotatable bonds is 8. The van der Waals surface area contributed by atoms with Crippen LogP contribution in [0.25, 0.3) is 0 Å². The topological polar surface area (TPSA) is 97.4 Å². The first-order valence-corrected chi connectivity index (χ1v) is 13.1. The summed E-state index contributed by atoms with van der Waals surface area (Å²) in [5.41, 5.74) is 0.961. The first-order valence-electron chi connectivity index (χ1n) is 10.2. The van der Waals surface area contributed by atoms with Gasteiger partial charge in [0, 0.05) is 29.8 Å². The van der Waals surface area contributed by atoms with Crippen LogP contribution in [-0.4, -0.2) is 68.0 Å². The third kappa shape index (κ3) is 5.89. The maximum absolute atomic E-state index is 13.0. The molecule has 2 heterocycles. The average Bonchev–Trinajstić information content (AvgIpc) is 3.01. The molecule has 0 radical (unpaired) electrons. The minimum atomic E-state index is 0.0149. The molecule has 0 bridgehead atoms. The second kappa shape index (κ2) is 11.1. The zero-order valence-corrected chi connectivity index (χ0v) is 20.4. The van der Waals surface area contributed by atoms with Crippen molar-refractivity contribution < 1.29 is 9.59 Å². The van der Waals surface area contributed by atoms with Crippen LogP contribution in [0.15, 0.2) is 39.5 Å². The molecule has 1 aromatic heterocycles. The minimum absolute atomic E-state index is 0.0149. The number of aromatic nitrogens is 3. The monoisotopic (exact) mass is 480 g/mol. The van der Waals surface area contributed by atoms with Gasteiger partial charge < -0.3 is 15.6 Å². The van der Waals surface area contributed by atoms with Crippen LogP contribution in [-0.2, 0) is 9.59 Å². The molecular weight excluding hydrogens is 452 g/mol. The van der Waals surface area contributed by atoms with Crippen LogP contribution in [0.4, 0.5) is 5.69 Å². The van der Waals surface area contributed by atoms with Crippen molar-refractivity contribution in [3.05, 3.63) is 24.3 Å². The van der Waals surface area contributed by atoms with Gasteiger partial charge in [0.1, 0.15) is 0 Å². The number of amides is 2. The van der Waals surface area contributed by atoms with Crippen molar-refractivity contribution >= 4 is 52.8 Å². The summed E-state index contributed by atoms with van der Waals surface area (Å²) in [4.78, 5) is 29.9. The number of para-hydroxylation sites is 1. The molecule has 0 spiro atoms. The third-order valence-corrected chi connectivity index (χ3v) is 8.04. The van der Waals surface area contributed by atoms with Crippen molar-refractivity contribution in [2.45, 2.75) is 47.7 Å². The fraction of sp³-hybridized carbons (Fsp3) is 0.500. The van der Waals surface area contributed by atoms with E-state index >= 15 is 0 Å². The largest absolute Gasteiger partial charge is 0.343 e. The van der Waals surface area contributed by atoms with E-state index in [9.17, 15) is 9.59 Å². The zero-order chi connectivity index (χ0) is 22.4. The summed E-state index contributed by atoms with van der Waals surface area (Å²) in [6.45, 7) is 8.12. The lowest BCUT2D eigenvalue weighted by Crippen LogP contribution is -2.33. The summed E-state index contributed by atoms with van der Waals surface area (Å²) < 4.78 is 1.35. The average molecular weight is 481 g/mol. The van der Waals surface area contributed by atoms with Crippen molar-refractivity contribution in [3.8, 4) is 0 Å². The quantitative estimate of drug-likeness (QED) is 0.455. The van der Waals surface area contributed by atoms with Crippen LogP contribution < -0.4 is 10.7 Å². The summed E-state index contributed by atoms with van der Waals surface area (Å²) in [6, 6.07) is 8.02. The van der Waals surface area contributed by atoms with E-state index in [0.717, 1.165) is 17.0 Å². The molecule has 1 aromatic carbocycles. The van der Waals surface area contributed by atoms with Crippen LogP contribution in [0.2, 0.25) is 0 Å². The summed E-state index contributed by atoms with van der Waals surface area (Å²) in [7, 11) is 0. The Morgan fingerprint density at radius 1 is 1.16 bits per heavy atom. The first-order chi connectivity index (χ1) is 14.9. The van der Waals surface area contributed by atoms with E-state index in [1.54, 1.807) is 16.7 Å². The van der Waals surface area contributed by atoms with E-state index in [4.69, 9.17) is 5.84 Å². The standard InChI is InChI=1S/C20H28N6O2S3/c1-4-24(5-2)17(27)12-29-19-22-23-20(26(19)21)30-13-18(28)25-11-10-14(3)31-16-9-7-6-8-15(16)25/h6-9,14H,4-5,10-13,21H2,1-3H3/t14-/m0/s1. The van der Waals surface area contributed by atoms with Crippen LogP contribution in [0, 0.1) is 0 Å². The molecule has 1 atom stereocenters. The minimum Gasteiger partial charge on any atom is -0.343 e. The highest BCUT2D eigenvalue weighted by molar-refractivity contribution is 8.00. The van der Waals surface area contributed by atoms with Gasteiger partial charge in [0.15, 0.2) is 0 Å². The lowest BCUT2D eigenvalue weighted by Gasteiger charge is -2.22. The number of hydrogen-bond donors (Lipinski definition) is 1. The van der Waals surface area contributed by atoms with E-state index in [1.807, 2.05) is 36.9 Å². The fourth-order valence-corrected chi connectivity index (χ4v) is 5.87. The Labute approximate surface area is 195 Å². The molecule has 1 aliphatic rings. The molecule has 0 unspecified atom stereocenters. The number of nitrogen functional groups attached to an aromatic ring is 1. The van der Waals surface area contributed by atoms with Crippen molar-refractivity contribution in [1.29, 1.82) is 0 Å². The predicted molar refractivity (Wildman–Crippen MR) is 128 cm³/mol. The van der Waals surface area contributed by atoms with Crippen molar-refractivity contribution in [2.75, 3.05) is 41.9 Å². The molecule has 0 aliphatic carbocycles. The molecule has 0 fully saturated rings. The molecule has 31 heavy (non-hydrogen) atoms. The predicted octanol–water partition coefficient (Wildman–Crippen LogP) is 2.96. The van der Waals surface area contributed by atoms with E-state index in [2.05, 4.69) is 23.2 Å². The number of carbonyl (C=O) groups is 2. The lowest BCUT2D eigenvalue weighted by molar-refractivity contribution is -0.128. The van der Waals surface area contributed by atoms with Gasteiger partial charge >= 0.3 is 0 Å². The Bertz CT molecular complexity index is 918. The molecule has 1 aliphatic heterocycles. The number of nitrogens with zero attached hydrogens (tertiary/aromatic N) is 5. The van der Waals surface area contributed by atoms with Gasteiger partial charge in [0.2, 0.25) is 22.1 Å². The van der Waals surface area contributed by atoms with E-state index < -0.39 is 0 Å². The van der Waals surface area contributed by atoms with Gasteiger partial charge in [-0.25, -0.2) is 4.68 Å². The number of fused-ring (bicyclic) bond motifs is 1. The Kier molecular flexibility index (Phi) is 8.56. The number of anilines is 1. The highest BCUT2D eigenvalue weighted by Gasteiger charge is 2.25. The van der Waals surface area contributed by atoms with Crippen LogP contribution in [0.5, 0.6) is 0 Å². The molecule has 2 amide bonds. The Morgan fingerprint density at radius 2 is 1.81 bits per heavy atom. The summed E-state index contributed by atoms with van der Waals surface area (Å²) in [5, 5.41) is 9.55. The number of carbonyl (C=O) groups excluding carboxylic acids is 2. The van der Waals surface area contributed by atoms with Gasteiger partial charge in [0.05, 0.1) is 17.2 Å². The Hall–Kier alpha value is -1.85. The number of thioether (sulfide) groups is 3. The number of nitrogens with two attached hydrogens (primary N) is 1. The normalized spacial score (nSPS) is 16.0. The van der Waals surface area contributed by atoms with Gasteiger partial charge in [-0.1, -0.05) is 42.6 Å². The molecule has 2 aromatic rings. The lowest BCUT2D eigenvalue weighted by atomic mass is 10.2. The van der Waals surface area contributed by atoms with Gasteiger partial charge in [-0.15, -0.1) is 22.0 Å². The SMILES string of the molecule is CCN(CC)C(=O)CSc1nnc(SCC(=O)N2CC[C@H](C)Sc3ccccc32)n1N. The van der Waals surface area contributed by atoms with E-state index in [1.165, 1.54) is 28.2 Å². The molecular formula is C20H28N6O2S3. The molecule has 3 rings (SSSR count). The Balaban J connectivity index is 1.61. The molecule has 168 valence electrons. The summed E-state index contributed by atoms with van der Waals surface area (Å²) in [6.07, 6.45) is 0.935. The highest BCUT2D eigenvalue weighted by atomic mass is 32.2. The number of benzene rings is 1. The summed E-state index contributed by atoms with van der Waals surface area (Å²) in [5.74, 6) is 6.63. The van der Waals surface area contributed by atoms with Crippen molar-refractivity contribution in [1.82, 2.24) is 19.8 Å². The van der Waals surface area contributed by atoms with E-state index in [0.29, 0.717) is 35.2 Å². The van der Waals surface area contributed by atoms with Crippen LogP contribution in [0.1, 0.15) is 27.2 Å². The molecule has 0 saturated carbocycles. The molecule has 11 heteroatoms. The van der Waals surface area contributed by atoms with Crippen molar-refractivity contribution in [2.24, 2.45) is 0 Å². The van der Waals surface area contributed by atoms with Gasteiger partial charge in [0.25, 0.3) is 0 Å². The van der Waals surface area contributed by atoms with Gasteiger partial charge in [-0.05, 0) is 32.4 Å². The van der Waals surface area contributed by atoms with Crippen LogP contribution >= 0.6 is 35.3 Å². The third-order valence-electron chi connectivity index (χ3n) is 4.94. The molecule has 0 saturated heterocycles. The molecule has 2 N–H and O–H groups in total. The number of hydrogen-bond acceptors (Lipinski definition) is 8.